The molecule has 0 aliphatic carbocycles. The van der Waals surface area contributed by atoms with Gasteiger partial charge in [0.2, 0.25) is 5.13 Å². The highest BCUT2D eigenvalue weighted by Gasteiger charge is 2.49. The fourth-order valence-corrected chi connectivity index (χ4v) is 8.17. The Labute approximate surface area is 297 Å². The van der Waals surface area contributed by atoms with Crippen molar-refractivity contribution in [3.63, 3.8) is 0 Å². The second-order valence-corrected chi connectivity index (χ2v) is 14.1. The molecule has 0 saturated carbocycles. The van der Waals surface area contributed by atoms with E-state index in [1.54, 1.807) is 42.8 Å². The van der Waals surface area contributed by atoms with E-state index in [-0.39, 0.29) is 16.5 Å². The summed E-state index contributed by atoms with van der Waals surface area (Å²) in [4.78, 5) is 33.8. The summed E-state index contributed by atoms with van der Waals surface area (Å²) < 4.78 is 14.1. The van der Waals surface area contributed by atoms with Gasteiger partial charge in [-0.25, -0.2) is 4.98 Å². The Morgan fingerprint density at radius 1 is 0.980 bits per heavy atom. The summed E-state index contributed by atoms with van der Waals surface area (Å²) in [5.74, 6) is -0.353. The number of aliphatic hydroxyl groups excluding tert-OH is 1. The lowest BCUT2D eigenvalue weighted by atomic mass is 9.96. The van der Waals surface area contributed by atoms with Gasteiger partial charge < -0.3 is 14.6 Å². The van der Waals surface area contributed by atoms with E-state index >= 15 is 0 Å². The lowest BCUT2D eigenvalue weighted by Gasteiger charge is -2.23. The third-order valence-corrected chi connectivity index (χ3v) is 10.8. The molecular formula is C38H35N5O5S2. The maximum absolute atomic E-state index is 14.0. The Balaban J connectivity index is 1.29. The predicted octanol–water partition coefficient (Wildman–Crippen LogP) is 8.14. The number of thioether (sulfide) groups is 1. The van der Waals surface area contributed by atoms with Gasteiger partial charge in [-0.2, -0.15) is 0 Å². The molecule has 1 atom stereocenters. The number of nitrogens with zero attached hydrogens (tertiary/aromatic N) is 5. The molecule has 0 bridgehead atoms. The second kappa shape index (κ2) is 14.3. The standard InChI is InChI=1S/C38H35N5O5S2/c1-4-5-10-20-48-28-18-17-25(21-29(28)47-3)33-31(34(44)32-23(2)39-30-16-8-9-19-42(30)32)35(45)36(46)43(33)37-40-41-38(50-37)49-22-26-14-11-13-24-12-6-7-15-27(24)26/h6-9,11-19,21,33,44H,4-5,10,20,22H2,1-3H3/b34-31+. The van der Waals surface area contributed by atoms with Crippen LogP contribution in [0.2, 0.25) is 0 Å². The van der Waals surface area contributed by atoms with Crippen molar-refractivity contribution in [1.29, 1.82) is 0 Å². The van der Waals surface area contributed by atoms with Crippen molar-refractivity contribution in [2.24, 2.45) is 0 Å². The van der Waals surface area contributed by atoms with Crippen LogP contribution in [-0.2, 0) is 15.3 Å². The van der Waals surface area contributed by atoms with Crippen LogP contribution >= 0.6 is 23.1 Å². The molecule has 1 aliphatic heterocycles. The van der Waals surface area contributed by atoms with Crippen LogP contribution in [0.3, 0.4) is 0 Å². The molecule has 10 nitrogen and oxygen atoms in total. The van der Waals surface area contributed by atoms with Crippen molar-refractivity contribution in [2.45, 2.75) is 49.2 Å². The normalized spacial score (nSPS) is 15.7. The third-order valence-electron chi connectivity index (χ3n) is 8.71. The van der Waals surface area contributed by atoms with Crippen molar-refractivity contribution < 1.29 is 24.2 Å². The summed E-state index contributed by atoms with van der Waals surface area (Å²) in [7, 11) is 1.54. The predicted molar refractivity (Wildman–Crippen MR) is 196 cm³/mol. The van der Waals surface area contributed by atoms with E-state index in [1.165, 1.54) is 28.0 Å². The Morgan fingerprint density at radius 3 is 2.64 bits per heavy atom. The third kappa shape index (κ3) is 6.20. The highest BCUT2D eigenvalue weighted by atomic mass is 32.2. The molecule has 1 unspecified atom stereocenters. The number of aromatic nitrogens is 4. The van der Waals surface area contributed by atoms with Crippen LogP contribution in [0, 0.1) is 6.92 Å². The first-order chi connectivity index (χ1) is 24.4. The number of Topliss-reactive ketones (excluding diaryl/α,β-unsaturated/α-hetero) is 1. The molecule has 3 aromatic carbocycles. The average molecular weight is 706 g/mol. The molecule has 7 rings (SSSR count). The number of unbranched alkanes of at least 4 members (excludes halogenated alkanes) is 2. The van der Waals surface area contributed by atoms with Gasteiger partial charge in [0, 0.05) is 11.9 Å². The summed E-state index contributed by atoms with van der Waals surface area (Å²) in [6.45, 7) is 4.41. The number of methoxy groups -OCH3 is 1. The second-order valence-electron chi connectivity index (χ2n) is 11.9. The fraction of sp³-hybridized carbons (Fsp3) is 0.237. The summed E-state index contributed by atoms with van der Waals surface area (Å²) >= 11 is 2.73. The maximum Gasteiger partial charge on any atom is 0.301 e. The van der Waals surface area contributed by atoms with Gasteiger partial charge in [-0.15, -0.1) is 10.2 Å². The number of hydrogen-bond donors (Lipinski definition) is 1. The zero-order chi connectivity index (χ0) is 34.8. The molecule has 1 aliphatic rings. The molecular weight excluding hydrogens is 671 g/mol. The molecule has 50 heavy (non-hydrogen) atoms. The number of ketones is 1. The number of fused-ring (bicyclic) bond motifs is 2. The van der Waals surface area contributed by atoms with Gasteiger partial charge in [-0.05, 0) is 59.5 Å². The lowest BCUT2D eigenvalue weighted by Crippen LogP contribution is -2.29. The topological polar surface area (TPSA) is 119 Å². The number of amides is 1. The van der Waals surface area contributed by atoms with Crippen LogP contribution < -0.4 is 14.4 Å². The van der Waals surface area contributed by atoms with E-state index in [1.807, 2.05) is 36.4 Å². The summed E-state index contributed by atoms with van der Waals surface area (Å²) in [5, 5.41) is 23.3. The van der Waals surface area contributed by atoms with Crippen LogP contribution in [0.1, 0.15) is 54.7 Å². The largest absolute Gasteiger partial charge is 0.505 e. The van der Waals surface area contributed by atoms with Crippen LogP contribution in [0.25, 0.3) is 22.2 Å². The van der Waals surface area contributed by atoms with Gasteiger partial charge in [0.15, 0.2) is 21.6 Å². The number of rotatable bonds is 12. The Hall–Kier alpha value is -5.20. The number of imidazole rings is 1. The number of ether oxygens (including phenoxy) is 2. The van der Waals surface area contributed by atoms with Crippen LogP contribution in [0.4, 0.5) is 5.13 Å². The number of carbonyl (C=O) groups excluding carboxylic acids is 2. The summed E-state index contributed by atoms with van der Waals surface area (Å²) in [6, 6.07) is 24.1. The lowest BCUT2D eigenvalue weighted by molar-refractivity contribution is -0.132. The molecule has 4 heterocycles. The van der Waals surface area contributed by atoms with Crippen LogP contribution in [-0.4, -0.2) is 50.1 Å². The maximum atomic E-state index is 14.0. The number of aliphatic hydroxyl groups is 1. The van der Waals surface area contributed by atoms with Crippen molar-refractivity contribution in [3.8, 4) is 11.5 Å². The first kappa shape index (κ1) is 33.3. The van der Waals surface area contributed by atoms with Gasteiger partial charge in [0.1, 0.15) is 11.3 Å². The van der Waals surface area contributed by atoms with E-state index < -0.39 is 17.7 Å². The van der Waals surface area contributed by atoms with E-state index in [0.717, 1.165) is 35.6 Å². The smallest absolute Gasteiger partial charge is 0.301 e. The van der Waals surface area contributed by atoms with Crippen LogP contribution in [0.15, 0.2) is 95.0 Å². The van der Waals surface area contributed by atoms with Gasteiger partial charge in [-0.1, -0.05) is 97.5 Å². The minimum Gasteiger partial charge on any atom is -0.505 e. The Morgan fingerprint density at radius 2 is 1.80 bits per heavy atom. The van der Waals surface area contributed by atoms with Crippen molar-refractivity contribution in [1.82, 2.24) is 19.6 Å². The molecule has 1 saturated heterocycles. The number of hydrogen-bond acceptors (Lipinski definition) is 10. The first-order valence-electron chi connectivity index (χ1n) is 16.4. The van der Waals surface area contributed by atoms with Crippen LogP contribution in [0.5, 0.6) is 11.5 Å². The first-order valence-corrected chi connectivity index (χ1v) is 18.2. The molecule has 6 aromatic rings. The molecule has 0 radical (unpaired) electrons. The number of carbonyl (C=O) groups is 2. The summed E-state index contributed by atoms with van der Waals surface area (Å²) in [6.07, 6.45) is 4.77. The zero-order valence-corrected chi connectivity index (χ0v) is 29.5. The van der Waals surface area contributed by atoms with Gasteiger partial charge in [0.25, 0.3) is 5.78 Å². The van der Waals surface area contributed by atoms with Gasteiger partial charge >= 0.3 is 5.91 Å². The van der Waals surface area contributed by atoms with Gasteiger partial charge in [0.05, 0.1) is 31.0 Å². The Bertz CT molecular complexity index is 2260. The quantitative estimate of drug-likeness (QED) is 0.0336. The molecule has 254 valence electrons. The zero-order valence-electron chi connectivity index (χ0n) is 27.8. The highest BCUT2D eigenvalue weighted by Crippen LogP contribution is 2.46. The molecule has 3 aromatic heterocycles. The van der Waals surface area contributed by atoms with Gasteiger partial charge in [-0.3, -0.25) is 18.9 Å². The average Bonchev–Trinajstić information content (AvgIpc) is 3.82. The SMILES string of the molecule is CCCCCOc1ccc(C2/C(=C(\O)c3c(C)nc4ccccn34)C(=O)C(=O)N2c2nnc(SCc3cccc4ccccc34)s2)cc1OC. The number of aryl methyl sites for hydroxylation is 1. The fourth-order valence-electron chi connectivity index (χ4n) is 6.30. The minimum absolute atomic E-state index is 0.0809. The van der Waals surface area contributed by atoms with E-state index in [9.17, 15) is 14.7 Å². The number of anilines is 1. The van der Waals surface area contributed by atoms with Crippen molar-refractivity contribution in [2.75, 3.05) is 18.6 Å². The van der Waals surface area contributed by atoms with E-state index in [2.05, 4.69) is 46.4 Å². The molecule has 0 spiro atoms. The molecule has 12 heteroatoms. The number of benzene rings is 3. The van der Waals surface area contributed by atoms with Crippen molar-refractivity contribution in [3.05, 3.63) is 113 Å². The number of pyridine rings is 1. The molecule has 1 amide bonds. The van der Waals surface area contributed by atoms with E-state index in [0.29, 0.717) is 50.8 Å². The molecule has 1 N–H and O–H groups in total. The minimum atomic E-state index is -1.03. The van der Waals surface area contributed by atoms with Crippen molar-refractivity contribution >= 4 is 62.1 Å². The van der Waals surface area contributed by atoms with E-state index in [4.69, 9.17) is 9.47 Å². The Kier molecular flexibility index (Phi) is 9.55. The monoisotopic (exact) mass is 705 g/mol. The summed E-state index contributed by atoms with van der Waals surface area (Å²) in [5.41, 5.74) is 3.04. The highest BCUT2D eigenvalue weighted by molar-refractivity contribution is 8.00. The molecule has 1 fully saturated rings.